The van der Waals surface area contributed by atoms with Gasteiger partial charge in [0.1, 0.15) is 11.5 Å². The Kier molecular flexibility index (Phi) is 3.55. The zero-order valence-corrected chi connectivity index (χ0v) is 11.1. The van der Waals surface area contributed by atoms with Gasteiger partial charge in [-0.1, -0.05) is 6.07 Å². The van der Waals surface area contributed by atoms with Crippen LogP contribution in [0.5, 0.6) is 0 Å². The molecule has 2 amide bonds. The summed E-state index contributed by atoms with van der Waals surface area (Å²) in [7, 11) is 0. The zero-order valence-electron chi connectivity index (χ0n) is 11.1. The van der Waals surface area contributed by atoms with Crippen LogP contribution in [0.1, 0.15) is 10.5 Å². The molecule has 1 aliphatic rings. The van der Waals surface area contributed by atoms with Crippen molar-refractivity contribution in [2.75, 3.05) is 18.4 Å². The fourth-order valence-corrected chi connectivity index (χ4v) is 2.05. The van der Waals surface area contributed by atoms with Gasteiger partial charge in [-0.05, 0) is 12.1 Å². The van der Waals surface area contributed by atoms with Crippen LogP contribution in [-0.2, 0) is 4.79 Å². The van der Waals surface area contributed by atoms with Gasteiger partial charge in [-0.3, -0.25) is 14.6 Å². The molecule has 1 saturated heterocycles. The van der Waals surface area contributed by atoms with E-state index in [4.69, 9.17) is 0 Å². The predicted octanol–water partition coefficient (Wildman–Crippen LogP) is 0.582. The summed E-state index contributed by atoms with van der Waals surface area (Å²) in [6.07, 6.45) is 6.01. The van der Waals surface area contributed by atoms with Crippen LogP contribution in [0.2, 0.25) is 0 Å². The van der Waals surface area contributed by atoms with Gasteiger partial charge in [0.05, 0.1) is 12.1 Å². The van der Waals surface area contributed by atoms with Crippen molar-refractivity contribution < 1.29 is 9.59 Å². The minimum Gasteiger partial charge on any atom is -0.336 e. The number of hydrogen-bond acceptors (Lipinski definition) is 5. The van der Waals surface area contributed by atoms with Gasteiger partial charge >= 0.3 is 0 Å². The fraction of sp³-hybridized carbons (Fsp3) is 0.214. The van der Waals surface area contributed by atoms with E-state index in [-0.39, 0.29) is 17.7 Å². The summed E-state index contributed by atoms with van der Waals surface area (Å²) in [6, 6.07) is 5.30. The van der Waals surface area contributed by atoms with Gasteiger partial charge in [-0.15, -0.1) is 0 Å². The first kappa shape index (κ1) is 13.2. The maximum absolute atomic E-state index is 12.0. The molecule has 0 aromatic carbocycles. The first-order valence-electron chi connectivity index (χ1n) is 6.51. The summed E-state index contributed by atoms with van der Waals surface area (Å²) in [5.74, 6) is -0.0317. The summed E-state index contributed by atoms with van der Waals surface area (Å²) in [6.45, 7) is 0.766. The quantitative estimate of drug-likeness (QED) is 0.890. The van der Waals surface area contributed by atoms with Crippen molar-refractivity contribution in [3.8, 4) is 0 Å². The molecular weight excluding hydrogens is 270 g/mol. The first-order valence-corrected chi connectivity index (χ1v) is 6.51. The first-order chi connectivity index (χ1) is 10.2. The third kappa shape index (κ3) is 2.86. The van der Waals surface area contributed by atoms with E-state index < -0.39 is 0 Å². The molecule has 7 nitrogen and oxygen atoms in total. The van der Waals surface area contributed by atoms with Crippen molar-refractivity contribution in [1.82, 2.24) is 19.9 Å². The number of hydrogen-bond donors (Lipinski definition) is 1. The highest BCUT2D eigenvalue weighted by Gasteiger charge is 2.36. The Hall–Kier alpha value is -2.83. The van der Waals surface area contributed by atoms with Gasteiger partial charge in [-0.25, -0.2) is 9.97 Å². The van der Waals surface area contributed by atoms with Crippen molar-refractivity contribution in [1.29, 1.82) is 0 Å². The molecule has 2 aromatic rings. The van der Waals surface area contributed by atoms with Crippen LogP contribution in [0.3, 0.4) is 0 Å². The van der Waals surface area contributed by atoms with Crippen molar-refractivity contribution in [3.63, 3.8) is 0 Å². The zero-order chi connectivity index (χ0) is 14.7. The van der Waals surface area contributed by atoms with Gasteiger partial charge in [0.25, 0.3) is 5.91 Å². The van der Waals surface area contributed by atoms with E-state index in [1.165, 1.54) is 18.6 Å². The Bertz CT molecular complexity index is 641. The van der Waals surface area contributed by atoms with Gasteiger partial charge in [0.2, 0.25) is 5.91 Å². The lowest BCUT2D eigenvalue weighted by atomic mass is 9.98. The highest BCUT2D eigenvalue weighted by molar-refractivity contribution is 5.97. The molecule has 1 N–H and O–H groups in total. The second kappa shape index (κ2) is 5.66. The molecule has 106 valence electrons. The summed E-state index contributed by atoms with van der Waals surface area (Å²) in [4.78, 5) is 37.4. The highest BCUT2D eigenvalue weighted by Crippen LogP contribution is 2.19. The molecule has 2 aromatic heterocycles. The molecule has 0 unspecified atom stereocenters. The molecule has 1 aliphatic heterocycles. The largest absolute Gasteiger partial charge is 0.336 e. The minimum absolute atomic E-state index is 0.128. The van der Waals surface area contributed by atoms with E-state index >= 15 is 0 Å². The second-order valence-corrected chi connectivity index (χ2v) is 4.70. The van der Waals surface area contributed by atoms with Gasteiger partial charge in [0, 0.05) is 31.7 Å². The van der Waals surface area contributed by atoms with Gasteiger partial charge < -0.3 is 10.2 Å². The number of nitrogens with one attached hydrogen (secondary N) is 1. The molecule has 21 heavy (non-hydrogen) atoms. The van der Waals surface area contributed by atoms with Crippen LogP contribution in [0.15, 0.2) is 43.0 Å². The second-order valence-electron chi connectivity index (χ2n) is 4.70. The lowest BCUT2D eigenvalue weighted by Gasteiger charge is -2.37. The van der Waals surface area contributed by atoms with E-state index in [9.17, 15) is 9.59 Å². The number of carbonyl (C=O) groups is 2. The van der Waals surface area contributed by atoms with Crippen molar-refractivity contribution in [2.24, 2.45) is 5.92 Å². The molecule has 0 radical (unpaired) electrons. The average Bonchev–Trinajstić information content (AvgIpc) is 2.47. The minimum atomic E-state index is -0.215. The van der Waals surface area contributed by atoms with Crippen LogP contribution >= 0.6 is 0 Å². The number of nitrogens with zero attached hydrogens (tertiary/aromatic N) is 4. The summed E-state index contributed by atoms with van der Waals surface area (Å²) in [5, 5.41) is 2.73. The number of aromatic nitrogens is 3. The maximum atomic E-state index is 12.0. The lowest BCUT2D eigenvalue weighted by Crippen LogP contribution is -2.54. The van der Waals surface area contributed by atoms with Gasteiger partial charge in [0.15, 0.2) is 0 Å². The highest BCUT2D eigenvalue weighted by atomic mass is 16.2. The Morgan fingerprint density at radius 1 is 1.14 bits per heavy atom. The maximum Gasteiger partial charge on any atom is 0.274 e. The van der Waals surface area contributed by atoms with Crippen LogP contribution in [0.4, 0.5) is 5.82 Å². The van der Waals surface area contributed by atoms with E-state index in [0.29, 0.717) is 24.6 Å². The topological polar surface area (TPSA) is 88.1 Å². The monoisotopic (exact) mass is 283 g/mol. The number of pyridine rings is 1. The van der Waals surface area contributed by atoms with E-state index in [0.717, 1.165) is 0 Å². The van der Waals surface area contributed by atoms with E-state index in [2.05, 4.69) is 20.3 Å². The predicted molar refractivity (Wildman–Crippen MR) is 74.3 cm³/mol. The summed E-state index contributed by atoms with van der Waals surface area (Å²) in [5.41, 5.74) is 0.293. The fourth-order valence-electron chi connectivity index (χ4n) is 2.05. The Balaban J connectivity index is 1.54. The molecule has 1 fully saturated rings. The van der Waals surface area contributed by atoms with E-state index in [1.54, 1.807) is 29.3 Å². The van der Waals surface area contributed by atoms with Crippen molar-refractivity contribution >= 4 is 17.6 Å². The molecule has 3 heterocycles. The molecule has 0 atom stereocenters. The summed E-state index contributed by atoms with van der Waals surface area (Å²) < 4.78 is 0. The number of carbonyl (C=O) groups excluding carboxylic acids is 2. The number of likely N-dealkylation sites (tertiary alicyclic amines) is 1. The summed E-state index contributed by atoms with van der Waals surface area (Å²) >= 11 is 0. The third-order valence-corrected chi connectivity index (χ3v) is 3.24. The molecule has 7 heteroatoms. The molecule has 0 spiro atoms. The van der Waals surface area contributed by atoms with Crippen LogP contribution in [0.25, 0.3) is 0 Å². The molecule has 0 aliphatic carbocycles. The standard InChI is InChI=1S/C14H13N5O2/c20-13(18-12-3-1-2-4-17-12)10-8-19(9-10)14(21)11-7-15-5-6-16-11/h1-7,10H,8-9H2,(H,17,18,20). The van der Waals surface area contributed by atoms with Crippen LogP contribution in [0, 0.1) is 5.92 Å². The Morgan fingerprint density at radius 3 is 2.67 bits per heavy atom. The Labute approximate surface area is 121 Å². The smallest absolute Gasteiger partial charge is 0.274 e. The third-order valence-electron chi connectivity index (χ3n) is 3.24. The number of anilines is 1. The van der Waals surface area contributed by atoms with Crippen LogP contribution < -0.4 is 5.32 Å². The van der Waals surface area contributed by atoms with E-state index in [1.807, 2.05) is 0 Å². The normalized spacial score (nSPS) is 14.4. The molecular formula is C14H13N5O2. The molecule has 3 rings (SSSR count). The SMILES string of the molecule is O=C(Nc1ccccn1)C1CN(C(=O)c2cnccn2)C1. The number of rotatable bonds is 3. The molecule has 0 bridgehead atoms. The Morgan fingerprint density at radius 2 is 2.00 bits per heavy atom. The van der Waals surface area contributed by atoms with Crippen molar-refractivity contribution in [2.45, 2.75) is 0 Å². The van der Waals surface area contributed by atoms with Crippen LogP contribution in [-0.4, -0.2) is 44.8 Å². The number of amides is 2. The average molecular weight is 283 g/mol. The van der Waals surface area contributed by atoms with Gasteiger partial charge in [-0.2, -0.15) is 0 Å². The lowest BCUT2D eigenvalue weighted by molar-refractivity contribution is -0.123. The molecule has 0 saturated carbocycles. The van der Waals surface area contributed by atoms with Crippen molar-refractivity contribution in [3.05, 3.63) is 48.7 Å².